The Morgan fingerprint density at radius 2 is 1.90 bits per heavy atom. The molecule has 0 aliphatic carbocycles. The fourth-order valence-electron chi connectivity index (χ4n) is 2.88. The monoisotopic (exact) mass is 390 g/mol. The van der Waals surface area contributed by atoms with Crippen LogP contribution in [0.2, 0.25) is 0 Å². The highest BCUT2D eigenvalue weighted by Crippen LogP contribution is 2.26. The van der Waals surface area contributed by atoms with Crippen molar-refractivity contribution in [2.45, 2.75) is 0 Å². The van der Waals surface area contributed by atoms with Crippen molar-refractivity contribution in [3.8, 4) is 17.5 Å². The molecule has 1 amide bonds. The van der Waals surface area contributed by atoms with Crippen LogP contribution in [0.15, 0.2) is 54.7 Å². The standard InChI is InChI=1S/C21H18N4O4/c1-28-17-9-4-3-8-16(17)20(26)24-14-6-5-7-15(10-14)25-12-13(11-22)18(23)19(25)21(27)29-2/h3-10,12H,23H2,1-2H3,(H,24,26). The van der Waals surface area contributed by atoms with Gasteiger partial charge in [0, 0.05) is 17.6 Å². The molecule has 0 unspecified atom stereocenters. The minimum Gasteiger partial charge on any atom is -0.496 e. The van der Waals surface area contributed by atoms with E-state index in [2.05, 4.69) is 5.32 Å². The van der Waals surface area contributed by atoms with Gasteiger partial charge in [0.15, 0.2) is 5.69 Å². The average Bonchev–Trinajstić information content (AvgIpc) is 3.09. The number of anilines is 2. The highest BCUT2D eigenvalue weighted by molar-refractivity contribution is 6.06. The van der Waals surface area contributed by atoms with E-state index in [4.69, 9.17) is 15.2 Å². The van der Waals surface area contributed by atoms with Crippen LogP contribution in [0.25, 0.3) is 5.69 Å². The number of nitrogen functional groups attached to an aromatic ring is 1. The number of nitrogens with two attached hydrogens (primary N) is 1. The maximum absolute atomic E-state index is 12.6. The zero-order valence-corrected chi connectivity index (χ0v) is 15.8. The SMILES string of the molecule is COC(=O)c1c(N)c(C#N)cn1-c1cccc(NC(=O)c2ccccc2OC)c1. The fraction of sp³-hybridized carbons (Fsp3) is 0.0952. The number of benzene rings is 2. The normalized spacial score (nSPS) is 10.1. The molecular weight excluding hydrogens is 372 g/mol. The molecule has 146 valence electrons. The van der Waals surface area contributed by atoms with Crippen molar-refractivity contribution in [1.82, 2.24) is 4.57 Å². The molecule has 0 saturated heterocycles. The Hall–Kier alpha value is -4.25. The van der Waals surface area contributed by atoms with Crippen LogP contribution in [-0.2, 0) is 4.74 Å². The third-order valence-electron chi connectivity index (χ3n) is 4.28. The van der Waals surface area contributed by atoms with Crippen molar-refractivity contribution in [1.29, 1.82) is 5.26 Å². The lowest BCUT2D eigenvalue weighted by Crippen LogP contribution is -2.14. The van der Waals surface area contributed by atoms with Gasteiger partial charge in [0.2, 0.25) is 0 Å². The van der Waals surface area contributed by atoms with Crippen LogP contribution < -0.4 is 15.8 Å². The van der Waals surface area contributed by atoms with E-state index in [0.29, 0.717) is 22.7 Å². The molecule has 0 aliphatic rings. The second-order valence-corrected chi connectivity index (χ2v) is 5.98. The second kappa shape index (κ2) is 8.19. The number of ether oxygens (including phenoxy) is 2. The number of amides is 1. The third kappa shape index (κ3) is 3.75. The average molecular weight is 390 g/mol. The van der Waals surface area contributed by atoms with E-state index in [1.54, 1.807) is 48.5 Å². The van der Waals surface area contributed by atoms with Crippen molar-refractivity contribution >= 4 is 23.3 Å². The Morgan fingerprint density at radius 3 is 2.59 bits per heavy atom. The van der Waals surface area contributed by atoms with Crippen LogP contribution in [0.1, 0.15) is 26.4 Å². The zero-order valence-electron chi connectivity index (χ0n) is 15.8. The predicted molar refractivity (Wildman–Crippen MR) is 107 cm³/mol. The van der Waals surface area contributed by atoms with Crippen LogP contribution in [0, 0.1) is 11.3 Å². The van der Waals surface area contributed by atoms with E-state index in [0.717, 1.165) is 0 Å². The van der Waals surface area contributed by atoms with E-state index in [1.165, 1.54) is 25.0 Å². The summed E-state index contributed by atoms with van der Waals surface area (Å²) in [7, 11) is 2.72. The molecule has 1 aromatic heterocycles. The minimum absolute atomic E-state index is 0.0304. The summed E-state index contributed by atoms with van der Waals surface area (Å²) in [5.41, 5.74) is 7.54. The van der Waals surface area contributed by atoms with E-state index < -0.39 is 5.97 Å². The smallest absolute Gasteiger partial charge is 0.357 e. The first kappa shape index (κ1) is 19.5. The first-order valence-electron chi connectivity index (χ1n) is 8.54. The van der Waals surface area contributed by atoms with Gasteiger partial charge >= 0.3 is 5.97 Å². The zero-order chi connectivity index (χ0) is 21.0. The van der Waals surface area contributed by atoms with Crippen molar-refractivity contribution in [3.63, 3.8) is 0 Å². The molecule has 0 fully saturated rings. The summed E-state index contributed by atoms with van der Waals surface area (Å²) in [6.45, 7) is 0. The molecule has 1 heterocycles. The largest absolute Gasteiger partial charge is 0.496 e. The van der Waals surface area contributed by atoms with Gasteiger partial charge in [0.1, 0.15) is 11.8 Å². The van der Waals surface area contributed by atoms with E-state index >= 15 is 0 Å². The number of methoxy groups -OCH3 is 2. The molecule has 8 nitrogen and oxygen atoms in total. The van der Waals surface area contributed by atoms with Crippen molar-refractivity contribution in [2.75, 3.05) is 25.3 Å². The minimum atomic E-state index is -0.674. The third-order valence-corrected chi connectivity index (χ3v) is 4.28. The van der Waals surface area contributed by atoms with Crippen LogP contribution in [0.3, 0.4) is 0 Å². The van der Waals surface area contributed by atoms with Gasteiger partial charge in [-0.3, -0.25) is 4.79 Å². The van der Waals surface area contributed by atoms with Gasteiger partial charge in [-0.2, -0.15) is 5.26 Å². The Morgan fingerprint density at radius 1 is 1.14 bits per heavy atom. The van der Waals surface area contributed by atoms with Crippen molar-refractivity contribution in [3.05, 3.63) is 71.5 Å². The number of esters is 1. The molecule has 8 heteroatoms. The van der Waals surface area contributed by atoms with Gasteiger partial charge in [-0.25, -0.2) is 4.79 Å². The number of nitrogens with one attached hydrogen (secondary N) is 1. The second-order valence-electron chi connectivity index (χ2n) is 5.98. The van der Waals surface area contributed by atoms with Gasteiger partial charge < -0.3 is 25.1 Å². The first-order valence-corrected chi connectivity index (χ1v) is 8.54. The molecule has 3 N–H and O–H groups in total. The van der Waals surface area contributed by atoms with E-state index in [9.17, 15) is 14.9 Å². The van der Waals surface area contributed by atoms with E-state index in [1.807, 2.05) is 6.07 Å². The molecule has 0 saturated carbocycles. The Balaban J connectivity index is 1.98. The van der Waals surface area contributed by atoms with Gasteiger partial charge in [0.05, 0.1) is 31.0 Å². The predicted octanol–water partition coefficient (Wildman–Crippen LogP) is 2.98. The number of carbonyl (C=O) groups is 2. The summed E-state index contributed by atoms with van der Waals surface area (Å²) in [5.74, 6) is -0.573. The van der Waals surface area contributed by atoms with Crippen molar-refractivity contribution in [2.24, 2.45) is 0 Å². The van der Waals surface area contributed by atoms with Crippen LogP contribution in [0.5, 0.6) is 5.75 Å². The summed E-state index contributed by atoms with van der Waals surface area (Å²) in [5, 5.41) is 12.0. The number of nitrogens with zero attached hydrogens (tertiary/aromatic N) is 2. The van der Waals surface area contributed by atoms with Gasteiger partial charge in [-0.1, -0.05) is 18.2 Å². The van der Waals surface area contributed by atoms with Gasteiger partial charge in [-0.15, -0.1) is 0 Å². The maximum atomic E-state index is 12.6. The fourth-order valence-corrected chi connectivity index (χ4v) is 2.88. The lowest BCUT2D eigenvalue weighted by atomic mass is 10.2. The summed E-state index contributed by atoms with van der Waals surface area (Å²) < 4.78 is 11.5. The number of nitriles is 1. The number of para-hydroxylation sites is 1. The highest BCUT2D eigenvalue weighted by atomic mass is 16.5. The van der Waals surface area contributed by atoms with Crippen molar-refractivity contribution < 1.29 is 19.1 Å². The van der Waals surface area contributed by atoms with Crippen LogP contribution >= 0.6 is 0 Å². The van der Waals surface area contributed by atoms with Gasteiger partial charge in [0.25, 0.3) is 5.91 Å². The number of aromatic nitrogens is 1. The molecule has 0 spiro atoms. The molecule has 0 radical (unpaired) electrons. The lowest BCUT2D eigenvalue weighted by Gasteiger charge is -2.12. The van der Waals surface area contributed by atoms with Gasteiger partial charge in [-0.05, 0) is 30.3 Å². The number of hydrogen-bond donors (Lipinski definition) is 2. The summed E-state index contributed by atoms with van der Waals surface area (Å²) >= 11 is 0. The van der Waals surface area contributed by atoms with E-state index in [-0.39, 0.29) is 22.9 Å². The molecular formula is C21H18N4O4. The highest BCUT2D eigenvalue weighted by Gasteiger charge is 2.22. The molecule has 29 heavy (non-hydrogen) atoms. The Kier molecular flexibility index (Phi) is 5.51. The topological polar surface area (TPSA) is 119 Å². The number of hydrogen-bond acceptors (Lipinski definition) is 6. The quantitative estimate of drug-likeness (QED) is 0.647. The summed E-state index contributed by atoms with van der Waals surface area (Å²) in [6.07, 6.45) is 1.45. The molecule has 2 aromatic carbocycles. The summed E-state index contributed by atoms with van der Waals surface area (Å²) in [4.78, 5) is 24.8. The Labute approximate surface area is 167 Å². The Bertz CT molecular complexity index is 1130. The summed E-state index contributed by atoms with van der Waals surface area (Å²) in [6, 6.07) is 15.6. The molecule has 0 bridgehead atoms. The molecule has 0 aliphatic heterocycles. The van der Waals surface area contributed by atoms with Crippen LogP contribution in [0.4, 0.5) is 11.4 Å². The maximum Gasteiger partial charge on any atom is 0.357 e. The number of carbonyl (C=O) groups excluding carboxylic acids is 2. The molecule has 0 atom stereocenters. The molecule has 3 rings (SSSR count). The number of rotatable bonds is 5. The van der Waals surface area contributed by atoms with Crippen LogP contribution in [-0.4, -0.2) is 30.7 Å². The lowest BCUT2D eigenvalue weighted by molar-refractivity contribution is 0.0593. The molecule has 3 aromatic rings. The first-order chi connectivity index (χ1) is 14.0.